The fourth-order valence-corrected chi connectivity index (χ4v) is 5.18. The highest BCUT2D eigenvalue weighted by Gasteiger charge is 2.48. The maximum absolute atomic E-state index is 13.5. The van der Waals surface area contributed by atoms with Crippen LogP contribution >= 0.6 is 11.3 Å². The Morgan fingerprint density at radius 1 is 1.06 bits per heavy atom. The zero-order valence-electron chi connectivity index (χ0n) is 18.1. The first-order valence-corrected chi connectivity index (χ1v) is 10.9. The van der Waals surface area contributed by atoms with Crippen LogP contribution in [0.4, 0.5) is 10.1 Å². The fourth-order valence-electron chi connectivity index (χ4n) is 4.16. The number of ether oxygens (including phenoxy) is 1. The number of anilines is 1. The summed E-state index contributed by atoms with van der Waals surface area (Å²) < 4.78 is 19.0. The Hall–Kier alpha value is -3.45. The van der Waals surface area contributed by atoms with Crippen molar-refractivity contribution >= 4 is 34.5 Å². The lowest BCUT2D eigenvalue weighted by Crippen LogP contribution is -2.29. The number of thiophene rings is 1. The molecule has 0 saturated carbocycles. The number of hydrogen-bond acceptors (Lipinski definition) is 5. The van der Waals surface area contributed by atoms with E-state index in [1.807, 2.05) is 38.3 Å². The summed E-state index contributed by atoms with van der Waals surface area (Å²) in [6, 6.07) is 10.1. The first-order valence-electron chi connectivity index (χ1n) is 10.0. The summed E-state index contributed by atoms with van der Waals surface area (Å²) in [4.78, 5) is 28.5. The molecule has 1 saturated heterocycles. The number of carbonyl (C=O) groups is 2. The van der Waals surface area contributed by atoms with Gasteiger partial charge >= 0.3 is 0 Å². The Morgan fingerprint density at radius 2 is 1.75 bits per heavy atom. The second kappa shape index (κ2) is 8.24. The molecule has 164 valence electrons. The van der Waals surface area contributed by atoms with Gasteiger partial charge in [-0.25, -0.2) is 4.39 Å². The highest BCUT2D eigenvalue weighted by molar-refractivity contribution is 7.10. The number of hydrogen-bond donors (Lipinski definition) is 1. The lowest BCUT2D eigenvalue weighted by molar-refractivity contribution is -0.132. The number of carbonyl (C=O) groups excluding carboxylic acids is 2. The number of aryl methyl sites for hydroxylation is 3. The summed E-state index contributed by atoms with van der Waals surface area (Å²) in [6.45, 7) is 5.61. The minimum Gasteiger partial charge on any atom is -0.507 e. The third-order valence-corrected chi connectivity index (χ3v) is 6.65. The molecule has 0 aliphatic carbocycles. The molecule has 2 heterocycles. The van der Waals surface area contributed by atoms with Crippen LogP contribution in [0.5, 0.6) is 5.75 Å². The molecule has 1 aliphatic heterocycles. The molecular weight excluding hydrogens is 429 g/mol. The van der Waals surface area contributed by atoms with Crippen LogP contribution in [0.25, 0.3) is 5.76 Å². The van der Waals surface area contributed by atoms with Crippen molar-refractivity contribution in [1.29, 1.82) is 0 Å². The predicted molar refractivity (Wildman–Crippen MR) is 123 cm³/mol. The molecule has 0 spiro atoms. The minimum atomic E-state index is -0.842. The predicted octanol–water partition coefficient (Wildman–Crippen LogP) is 5.45. The highest BCUT2D eigenvalue weighted by Crippen LogP contribution is 2.46. The van der Waals surface area contributed by atoms with E-state index in [-0.39, 0.29) is 11.3 Å². The number of methoxy groups -OCH3 is 1. The van der Waals surface area contributed by atoms with Gasteiger partial charge in [0.1, 0.15) is 23.4 Å². The van der Waals surface area contributed by atoms with E-state index in [1.165, 1.54) is 47.6 Å². The van der Waals surface area contributed by atoms with Gasteiger partial charge in [0.2, 0.25) is 0 Å². The van der Waals surface area contributed by atoms with Crippen LogP contribution in [0, 0.1) is 26.6 Å². The van der Waals surface area contributed by atoms with Gasteiger partial charge in [-0.3, -0.25) is 14.5 Å². The van der Waals surface area contributed by atoms with Crippen molar-refractivity contribution < 1.29 is 23.8 Å². The molecule has 2 aromatic carbocycles. The highest BCUT2D eigenvalue weighted by atomic mass is 32.1. The SMILES string of the molecule is COc1c(C)cc(C)cc1/C(O)=C1\C(=O)C(=O)N(c2ccc(F)cc2)C1c1sccc1C. The van der Waals surface area contributed by atoms with Crippen molar-refractivity contribution in [2.75, 3.05) is 12.0 Å². The van der Waals surface area contributed by atoms with Gasteiger partial charge in [0.25, 0.3) is 11.7 Å². The average molecular weight is 452 g/mol. The Morgan fingerprint density at radius 3 is 2.34 bits per heavy atom. The second-order valence-corrected chi connectivity index (χ2v) is 8.72. The maximum atomic E-state index is 13.5. The van der Waals surface area contributed by atoms with Crippen LogP contribution < -0.4 is 9.64 Å². The third kappa shape index (κ3) is 3.48. The van der Waals surface area contributed by atoms with E-state index in [2.05, 4.69) is 0 Å². The monoisotopic (exact) mass is 451 g/mol. The van der Waals surface area contributed by atoms with Crippen molar-refractivity contribution in [2.45, 2.75) is 26.8 Å². The first-order chi connectivity index (χ1) is 15.2. The van der Waals surface area contributed by atoms with Gasteiger partial charge in [0.05, 0.1) is 18.2 Å². The van der Waals surface area contributed by atoms with Gasteiger partial charge in [-0.15, -0.1) is 11.3 Å². The minimum absolute atomic E-state index is 0.0202. The molecule has 0 radical (unpaired) electrons. The van der Waals surface area contributed by atoms with Crippen molar-refractivity contribution in [3.63, 3.8) is 0 Å². The summed E-state index contributed by atoms with van der Waals surface area (Å²) in [7, 11) is 1.49. The smallest absolute Gasteiger partial charge is 0.300 e. The van der Waals surface area contributed by atoms with Crippen LogP contribution in [0.15, 0.2) is 53.4 Å². The molecular formula is C25H22FNO4S. The standard InChI is InChI=1S/C25H22FNO4S/c1-13-11-15(3)23(31-4)18(12-13)21(28)19-20(24-14(2)9-10-32-24)27(25(30)22(19)29)17-7-5-16(26)6-8-17/h5-12,20,28H,1-4H3/b21-19+. The van der Waals surface area contributed by atoms with E-state index in [1.54, 1.807) is 6.07 Å². The molecule has 1 atom stereocenters. The Kier molecular flexibility index (Phi) is 5.60. The van der Waals surface area contributed by atoms with E-state index < -0.39 is 23.5 Å². The van der Waals surface area contributed by atoms with E-state index in [0.29, 0.717) is 17.0 Å². The normalized spacial score (nSPS) is 17.8. The lowest BCUT2D eigenvalue weighted by Gasteiger charge is -2.25. The molecule has 32 heavy (non-hydrogen) atoms. The fraction of sp³-hybridized carbons (Fsp3) is 0.200. The summed E-state index contributed by atoms with van der Waals surface area (Å²) in [5, 5.41) is 13.3. The number of benzene rings is 2. The summed E-state index contributed by atoms with van der Waals surface area (Å²) in [5.41, 5.74) is 3.26. The molecule has 1 unspecified atom stereocenters. The molecule has 1 amide bonds. The van der Waals surface area contributed by atoms with Crippen molar-refractivity contribution in [3.05, 3.63) is 86.4 Å². The second-order valence-electron chi connectivity index (χ2n) is 7.78. The third-order valence-electron chi connectivity index (χ3n) is 5.58. The van der Waals surface area contributed by atoms with Crippen LogP contribution in [0.3, 0.4) is 0 Å². The lowest BCUT2D eigenvalue weighted by atomic mass is 9.95. The summed E-state index contributed by atoms with van der Waals surface area (Å²) in [6.07, 6.45) is 0. The molecule has 1 aromatic heterocycles. The summed E-state index contributed by atoms with van der Waals surface area (Å²) in [5.74, 6) is -1.89. The molecule has 3 aromatic rings. The van der Waals surface area contributed by atoms with E-state index in [0.717, 1.165) is 21.6 Å². The van der Waals surface area contributed by atoms with Crippen molar-refractivity contribution in [1.82, 2.24) is 0 Å². The number of nitrogens with zero attached hydrogens (tertiary/aromatic N) is 1. The van der Waals surface area contributed by atoms with Gasteiger partial charge in [0, 0.05) is 10.6 Å². The van der Waals surface area contributed by atoms with Crippen LogP contribution in [-0.4, -0.2) is 23.9 Å². The van der Waals surface area contributed by atoms with Crippen LogP contribution in [0.1, 0.15) is 33.2 Å². The van der Waals surface area contributed by atoms with Crippen LogP contribution in [-0.2, 0) is 9.59 Å². The number of aliphatic hydroxyl groups is 1. The van der Waals surface area contributed by atoms with Gasteiger partial charge < -0.3 is 9.84 Å². The molecule has 0 bridgehead atoms. The number of aliphatic hydroxyl groups excluding tert-OH is 1. The number of ketones is 1. The van der Waals surface area contributed by atoms with Gasteiger partial charge in [-0.1, -0.05) is 6.07 Å². The Bertz CT molecular complexity index is 1260. The zero-order valence-corrected chi connectivity index (χ0v) is 18.9. The molecule has 1 N–H and O–H groups in total. The molecule has 1 fully saturated rings. The van der Waals surface area contributed by atoms with E-state index >= 15 is 0 Å². The number of rotatable bonds is 4. The van der Waals surface area contributed by atoms with E-state index in [4.69, 9.17) is 4.74 Å². The van der Waals surface area contributed by atoms with Crippen molar-refractivity contribution in [3.8, 4) is 5.75 Å². The molecule has 4 rings (SSSR count). The zero-order chi connectivity index (χ0) is 23.2. The number of Topliss-reactive ketones (excluding diaryl/α,β-unsaturated/α-hetero) is 1. The Labute approximate surface area is 189 Å². The number of amides is 1. The molecule has 1 aliphatic rings. The molecule has 7 heteroatoms. The molecule has 5 nitrogen and oxygen atoms in total. The van der Waals surface area contributed by atoms with Gasteiger partial charge in [-0.2, -0.15) is 0 Å². The first kappa shape index (κ1) is 21.8. The maximum Gasteiger partial charge on any atom is 0.300 e. The van der Waals surface area contributed by atoms with E-state index in [9.17, 15) is 19.1 Å². The van der Waals surface area contributed by atoms with Crippen LogP contribution in [0.2, 0.25) is 0 Å². The number of halogens is 1. The van der Waals surface area contributed by atoms with Gasteiger partial charge in [-0.05, 0) is 79.2 Å². The average Bonchev–Trinajstić information content (AvgIpc) is 3.28. The largest absolute Gasteiger partial charge is 0.507 e. The van der Waals surface area contributed by atoms with Gasteiger partial charge in [0.15, 0.2) is 0 Å². The topological polar surface area (TPSA) is 66.8 Å². The summed E-state index contributed by atoms with van der Waals surface area (Å²) >= 11 is 1.39. The quantitative estimate of drug-likeness (QED) is 0.326. The van der Waals surface area contributed by atoms with Crippen molar-refractivity contribution in [2.24, 2.45) is 0 Å². The Balaban J connectivity index is 2.00.